The zero-order chi connectivity index (χ0) is 26.8. The molecule has 204 valence electrons. The van der Waals surface area contributed by atoms with Crippen LogP contribution in [0.3, 0.4) is 0 Å². The molecule has 4 atom stereocenters. The monoisotopic (exact) mass is 498 g/mol. The first-order valence-corrected chi connectivity index (χ1v) is 14.3. The van der Waals surface area contributed by atoms with Gasteiger partial charge in [0.05, 0.1) is 12.7 Å². The molecule has 0 amide bonds. The van der Waals surface area contributed by atoms with Crippen LogP contribution in [0.4, 0.5) is 0 Å². The van der Waals surface area contributed by atoms with Crippen molar-refractivity contribution in [1.29, 1.82) is 0 Å². The third-order valence-electron chi connectivity index (χ3n) is 7.55. The fourth-order valence-electron chi connectivity index (χ4n) is 5.42. The SMILES string of the molecule is CCC(CCC(CC)C(CCC(C)(C)C)C(C)(C)C)OC(C)OCCOc1cccc2ccccc12. The van der Waals surface area contributed by atoms with Gasteiger partial charge in [-0.25, -0.2) is 0 Å². The summed E-state index contributed by atoms with van der Waals surface area (Å²) < 4.78 is 18.3. The van der Waals surface area contributed by atoms with Crippen molar-refractivity contribution >= 4 is 10.8 Å². The third kappa shape index (κ3) is 10.4. The molecule has 0 saturated heterocycles. The Morgan fingerprint density at radius 2 is 1.47 bits per heavy atom. The first-order valence-electron chi connectivity index (χ1n) is 14.3. The van der Waals surface area contributed by atoms with E-state index < -0.39 is 0 Å². The standard InChI is InChI=1S/C33H54O3/c1-10-26(30(33(7,8)9)21-22-32(4,5)6)19-20-28(11-2)36-25(3)34-23-24-35-31-18-14-16-27-15-12-13-17-29(27)31/h12-18,25-26,28,30H,10-11,19-24H2,1-9H3. The predicted molar refractivity (Wildman–Crippen MR) is 155 cm³/mol. The fraction of sp³-hybridized carbons (Fsp3) is 0.697. The first kappa shape index (κ1) is 30.6. The van der Waals surface area contributed by atoms with Crippen LogP contribution in [0.15, 0.2) is 42.5 Å². The number of rotatable bonds is 15. The van der Waals surface area contributed by atoms with Crippen molar-refractivity contribution < 1.29 is 14.2 Å². The molecule has 3 heteroatoms. The average molecular weight is 499 g/mol. The molecule has 0 N–H and O–H groups in total. The molecule has 0 saturated carbocycles. The van der Waals surface area contributed by atoms with Crippen molar-refractivity contribution in [2.45, 2.75) is 113 Å². The summed E-state index contributed by atoms with van der Waals surface area (Å²) >= 11 is 0. The van der Waals surface area contributed by atoms with E-state index in [1.807, 2.05) is 25.1 Å². The second-order valence-electron chi connectivity index (χ2n) is 12.7. The molecular weight excluding hydrogens is 444 g/mol. The van der Waals surface area contributed by atoms with E-state index in [0.29, 0.717) is 24.0 Å². The van der Waals surface area contributed by atoms with Crippen LogP contribution in [0, 0.1) is 22.7 Å². The van der Waals surface area contributed by atoms with Crippen molar-refractivity contribution in [3.63, 3.8) is 0 Å². The first-order chi connectivity index (χ1) is 16.9. The lowest BCUT2D eigenvalue weighted by molar-refractivity contribution is -0.166. The van der Waals surface area contributed by atoms with E-state index in [4.69, 9.17) is 14.2 Å². The van der Waals surface area contributed by atoms with Gasteiger partial charge in [0.2, 0.25) is 0 Å². The number of ether oxygens (including phenoxy) is 3. The van der Waals surface area contributed by atoms with Gasteiger partial charge in [-0.05, 0) is 73.1 Å². The largest absolute Gasteiger partial charge is 0.491 e. The Morgan fingerprint density at radius 1 is 0.778 bits per heavy atom. The molecule has 2 aromatic rings. The molecule has 0 aliphatic rings. The summed E-state index contributed by atoms with van der Waals surface area (Å²) in [4.78, 5) is 0. The number of hydrogen-bond donors (Lipinski definition) is 0. The van der Waals surface area contributed by atoms with E-state index in [2.05, 4.69) is 79.7 Å². The molecule has 0 radical (unpaired) electrons. The molecule has 0 bridgehead atoms. The molecule has 36 heavy (non-hydrogen) atoms. The van der Waals surface area contributed by atoms with E-state index in [-0.39, 0.29) is 12.4 Å². The Labute approximate surface area is 222 Å². The smallest absolute Gasteiger partial charge is 0.155 e. The summed E-state index contributed by atoms with van der Waals surface area (Å²) in [5, 5.41) is 2.33. The quantitative estimate of drug-likeness (QED) is 0.181. The normalized spacial score (nSPS) is 16.0. The highest BCUT2D eigenvalue weighted by Crippen LogP contribution is 2.41. The van der Waals surface area contributed by atoms with Crippen LogP contribution in [0.2, 0.25) is 0 Å². The molecule has 2 aromatic carbocycles. The molecular formula is C33H54O3. The van der Waals surface area contributed by atoms with Gasteiger partial charge in [-0.15, -0.1) is 0 Å². The van der Waals surface area contributed by atoms with Crippen LogP contribution >= 0.6 is 0 Å². The van der Waals surface area contributed by atoms with Gasteiger partial charge in [0.25, 0.3) is 0 Å². The van der Waals surface area contributed by atoms with Crippen molar-refractivity contribution in [3.05, 3.63) is 42.5 Å². The van der Waals surface area contributed by atoms with Crippen LogP contribution < -0.4 is 4.74 Å². The van der Waals surface area contributed by atoms with E-state index >= 15 is 0 Å². The molecule has 3 nitrogen and oxygen atoms in total. The average Bonchev–Trinajstić information content (AvgIpc) is 2.81. The predicted octanol–water partition coefficient (Wildman–Crippen LogP) is 9.67. The van der Waals surface area contributed by atoms with Crippen molar-refractivity contribution in [2.75, 3.05) is 13.2 Å². The fourth-order valence-corrected chi connectivity index (χ4v) is 5.42. The maximum absolute atomic E-state index is 6.32. The minimum Gasteiger partial charge on any atom is -0.491 e. The third-order valence-corrected chi connectivity index (χ3v) is 7.55. The number of benzene rings is 2. The second-order valence-corrected chi connectivity index (χ2v) is 12.7. The van der Waals surface area contributed by atoms with Crippen LogP contribution in [-0.4, -0.2) is 25.6 Å². The molecule has 2 rings (SSSR count). The number of fused-ring (bicyclic) bond motifs is 1. The minimum absolute atomic E-state index is 0.231. The summed E-state index contributed by atoms with van der Waals surface area (Å²) in [5.74, 6) is 2.37. The van der Waals surface area contributed by atoms with Gasteiger partial charge in [0.1, 0.15) is 12.4 Å². The zero-order valence-corrected chi connectivity index (χ0v) is 24.7. The molecule has 0 aliphatic heterocycles. The molecule has 0 spiro atoms. The molecule has 0 aromatic heterocycles. The maximum atomic E-state index is 6.32. The molecule has 0 heterocycles. The Balaban J connectivity index is 1.81. The lowest BCUT2D eigenvalue weighted by Gasteiger charge is -2.39. The van der Waals surface area contributed by atoms with Gasteiger partial charge < -0.3 is 14.2 Å². The van der Waals surface area contributed by atoms with Gasteiger partial charge in [0.15, 0.2) is 6.29 Å². The summed E-state index contributed by atoms with van der Waals surface area (Å²) in [6.45, 7) is 22.0. The topological polar surface area (TPSA) is 27.7 Å². The Kier molecular flexibility index (Phi) is 12.2. The van der Waals surface area contributed by atoms with Crippen molar-refractivity contribution in [1.82, 2.24) is 0 Å². The van der Waals surface area contributed by atoms with Crippen molar-refractivity contribution in [2.24, 2.45) is 22.7 Å². The van der Waals surface area contributed by atoms with E-state index in [1.54, 1.807) is 0 Å². The van der Waals surface area contributed by atoms with E-state index in [0.717, 1.165) is 35.8 Å². The van der Waals surface area contributed by atoms with Gasteiger partial charge in [-0.1, -0.05) is 98.2 Å². The van der Waals surface area contributed by atoms with Gasteiger partial charge >= 0.3 is 0 Å². The van der Waals surface area contributed by atoms with Crippen LogP contribution in [0.5, 0.6) is 5.75 Å². The highest BCUT2D eigenvalue weighted by atomic mass is 16.7. The van der Waals surface area contributed by atoms with Crippen LogP contribution in [0.25, 0.3) is 10.8 Å². The van der Waals surface area contributed by atoms with Crippen molar-refractivity contribution in [3.8, 4) is 5.75 Å². The highest BCUT2D eigenvalue weighted by Gasteiger charge is 2.32. The molecule has 0 fully saturated rings. The maximum Gasteiger partial charge on any atom is 0.155 e. The molecule has 0 aliphatic carbocycles. The second kappa shape index (κ2) is 14.4. The highest BCUT2D eigenvalue weighted by molar-refractivity contribution is 5.88. The van der Waals surface area contributed by atoms with Gasteiger partial charge in [-0.3, -0.25) is 0 Å². The summed E-state index contributed by atoms with van der Waals surface area (Å²) in [6, 6.07) is 14.5. The molecule has 4 unspecified atom stereocenters. The Morgan fingerprint density at radius 3 is 2.11 bits per heavy atom. The van der Waals surface area contributed by atoms with Crippen LogP contribution in [-0.2, 0) is 9.47 Å². The Bertz CT molecular complexity index is 871. The van der Waals surface area contributed by atoms with E-state index in [9.17, 15) is 0 Å². The summed E-state index contributed by atoms with van der Waals surface area (Å²) in [7, 11) is 0. The van der Waals surface area contributed by atoms with Gasteiger partial charge in [-0.2, -0.15) is 0 Å². The summed E-state index contributed by atoms with van der Waals surface area (Å²) in [5.41, 5.74) is 0.718. The lowest BCUT2D eigenvalue weighted by Crippen LogP contribution is -2.31. The van der Waals surface area contributed by atoms with Crippen LogP contribution in [0.1, 0.15) is 101 Å². The summed E-state index contributed by atoms with van der Waals surface area (Å²) in [6.07, 6.45) is 7.15. The lowest BCUT2D eigenvalue weighted by atomic mass is 9.67. The number of hydrogen-bond acceptors (Lipinski definition) is 3. The van der Waals surface area contributed by atoms with E-state index in [1.165, 1.54) is 31.1 Å². The zero-order valence-electron chi connectivity index (χ0n) is 24.7. The Hall–Kier alpha value is -1.58. The van der Waals surface area contributed by atoms with Gasteiger partial charge in [0, 0.05) is 5.39 Å². The minimum atomic E-state index is -0.231.